The van der Waals surface area contributed by atoms with E-state index in [4.69, 9.17) is 45.9 Å². The SMILES string of the molecule is Cl.Cl.Nc1ccc(N)cc1.Nc1ccc2cccc3c2c1C=CC3N.Nc1cccc(N)c1.Nc1ccccc1N. The van der Waals surface area contributed by atoms with Crippen molar-refractivity contribution in [2.45, 2.75) is 6.04 Å². The number of nitrogen functional groups attached to an aromatic ring is 7. The topological polar surface area (TPSA) is 208 Å². The zero-order valence-electron chi connectivity index (χ0n) is 22.5. The Morgan fingerprint density at radius 3 is 1.44 bits per heavy atom. The largest absolute Gasteiger partial charge is 0.399 e. The number of para-hydroxylation sites is 2. The molecule has 0 saturated heterocycles. The van der Waals surface area contributed by atoms with Crippen LogP contribution in [0.2, 0.25) is 0 Å². The number of nitrogens with two attached hydrogens (primary N) is 8. The molecule has 0 saturated carbocycles. The third-order valence-corrected chi connectivity index (χ3v) is 5.82. The molecule has 0 fully saturated rings. The molecule has 216 valence electrons. The molecule has 8 nitrogen and oxygen atoms in total. The lowest BCUT2D eigenvalue weighted by Crippen LogP contribution is -2.11. The fourth-order valence-corrected chi connectivity index (χ4v) is 3.78. The van der Waals surface area contributed by atoms with E-state index in [2.05, 4.69) is 12.1 Å². The maximum Gasteiger partial charge on any atom is 0.0547 e. The van der Waals surface area contributed by atoms with E-state index in [1.165, 1.54) is 10.8 Å². The summed E-state index contributed by atoms with van der Waals surface area (Å²) in [6.07, 6.45) is 4.02. The summed E-state index contributed by atoms with van der Waals surface area (Å²) in [4.78, 5) is 0. The molecule has 16 N–H and O–H groups in total. The average molecular weight is 594 g/mol. The highest BCUT2D eigenvalue weighted by molar-refractivity contribution is 5.99. The highest BCUT2D eigenvalue weighted by atomic mass is 35.5. The van der Waals surface area contributed by atoms with Crippen molar-refractivity contribution in [1.82, 2.24) is 0 Å². The van der Waals surface area contributed by atoms with Crippen molar-refractivity contribution in [2.75, 3.05) is 40.1 Å². The summed E-state index contributed by atoms with van der Waals surface area (Å²) in [5, 5.41) is 2.41. The number of anilines is 7. The Labute approximate surface area is 253 Å². The summed E-state index contributed by atoms with van der Waals surface area (Å²) in [6, 6.07) is 31.7. The van der Waals surface area contributed by atoms with Crippen molar-refractivity contribution in [3.63, 3.8) is 0 Å². The summed E-state index contributed by atoms with van der Waals surface area (Å²) in [5.41, 5.74) is 51.6. The number of halogens is 2. The molecule has 0 spiro atoms. The maximum absolute atomic E-state index is 6.03. The zero-order chi connectivity index (χ0) is 28.4. The molecule has 41 heavy (non-hydrogen) atoms. The van der Waals surface area contributed by atoms with Gasteiger partial charge in [-0.25, -0.2) is 0 Å². The van der Waals surface area contributed by atoms with Gasteiger partial charge in [0.05, 0.1) is 11.4 Å². The van der Waals surface area contributed by atoms with E-state index in [0.29, 0.717) is 22.7 Å². The second kappa shape index (κ2) is 16.4. The third kappa shape index (κ3) is 10.1. The van der Waals surface area contributed by atoms with Gasteiger partial charge in [-0.3, -0.25) is 0 Å². The number of hydrogen-bond donors (Lipinski definition) is 8. The minimum absolute atomic E-state index is 0. The van der Waals surface area contributed by atoms with Gasteiger partial charge in [0, 0.05) is 40.0 Å². The number of hydrogen-bond acceptors (Lipinski definition) is 8. The van der Waals surface area contributed by atoms with Gasteiger partial charge in [0.15, 0.2) is 0 Å². The fourth-order valence-electron chi connectivity index (χ4n) is 3.78. The molecule has 5 aromatic carbocycles. The normalized spacial score (nSPS) is 12.0. The molecule has 1 atom stereocenters. The molecule has 0 aliphatic heterocycles. The second-order valence-electron chi connectivity index (χ2n) is 8.86. The Hall–Kier alpha value is -4.76. The molecule has 10 heteroatoms. The van der Waals surface area contributed by atoms with Crippen molar-refractivity contribution < 1.29 is 0 Å². The van der Waals surface area contributed by atoms with Gasteiger partial charge in [0.2, 0.25) is 0 Å². The summed E-state index contributed by atoms with van der Waals surface area (Å²) in [6.45, 7) is 0. The Morgan fingerprint density at radius 1 is 0.463 bits per heavy atom. The van der Waals surface area contributed by atoms with Crippen LogP contribution in [0.4, 0.5) is 39.8 Å². The van der Waals surface area contributed by atoms with Gasteiger partial charge in [0.1, 0.15) is 0 Å². The van der Waals surface area contributed by atoms with E-state index in [1.54, 1.807) is 54.6 Å². The first-order valence-corrected chi connectivity index (χ1v) is 12.2. The van der Waals surface area contributed by atoms with Crippen molar-refractivity contribution in [1.29, 1.82) is 0 Å². The smallest absolute Gasteiger partial charge is 0.0547 e. The van der Waals surface area contributed by atoms with Gasteiger partial charge < -0.3 is 45.9 Å². The van der Waals surface area contributed by atoms with Crippen LogP contribution in [0.25, 0.3) is 16.8 Å². The molecule has 0 aromatic heterocycles. The highest BCUT2D eigenvalue weighted by Gasteiger charge is 2.15. The molecule has 1 aliphatic carbocycles. The quantitative estimate of drug-likeness (QED) is 0.102. The van der Waals surface area contributed by atoms with Crippen molar-refractivity contribution in [3.8, 4) is 0 Å². The Kier molecular flexibility index (Phi) is 13.7. The molecule has 1 unspecified atom stereocenters. The van der Waals surface area contributed by atoms with Crippen molar-refractivity contribution in [3.05, 3.63) is 120 Å². The average Bonchev–Trinajstić information content (AvgIpc) is 2.92. The maximum atomic E-state index is 6.03. The summed E-state index contributed by atoms with van der Waals surface area (Å²) >= 11 is 0. The lowest BCUT2D eigenvalue weighted by atomic mass is 9.90. The van der Waals surface area contributed by atoms with Crippen LogP contribution in [-0.4, -0.2) is 0 Å². The number of rotatable bonds is 0. The van der Waals surface area contributed by atoms with Crippen molar-refractivity contribution in [2.24, 2.45) is 5.73 Å². The van der Waals surface area contributed by atoms with Crippen LogP contribution in [0, 0.1) is 0 Å². The van der Waals surface area contributed by atoms with Gasteiger partial charge in [-0.15, -0.1) is 24.8 Å². The lowest BCUT2D eigenvalue weighted by molar-refractivity contribution is 0.922. The standard InChI is InChI=1S/C13H12N2.3C6H8N2.2ClH/c14-11-6-4-8-2-1-3-9-12(15)7-5-10(11)13(8)9;7-5-1-2-6(8)4-3-5;7-5-2-1-3-6(8)4-5;7-5-3-1-2-4-6(5)8;;/h1-7,12H,14-15H2;3*1-4H,7-8H2;2*1H. The molecule has 1 aliphatic rings. The van der Waals surface area contributed by atoms with E-state index < -0.39 is 0 Å². The van der Waals surface area contributed by atoms with Crippen LogP contribution in [0.15, 0.2) is 109 Å². The summed E-state index contributed by atoms with van der Waals surface area (Å²) in [7, 11) is 0. The van der Waals surface area contributed by atoms with E-state index in [9.17, 15) is 0 Å². The Bertz CT molecular complexity index is 1500. The second-order valence-corrected chi connectivity index (χ2v) is 8.86. The van der Waals surface area contributed by atoms with Crippen LogP contribution < -0.4 is 45.9 Å². The first-order chi connectivity index (χ1) is 18.7. The minimum Gasteiger partial charge on any atom is -0.399 e. The minimum atomic E-state index is -0.0111. The van der Waals surface area contributed by atoms with E-state index >= 15 is 0 Å². The summed E-state index contributed by atoms with van der Waals surface area (Å²) in [5.74, 6) is 0. The zero-order valence-corrected chi connectivity index (χ0v) is 24.1. The van der Waals surface area contributed by atoms with Crippen LogP contribution in [0.1, 0.15) is 17.2 Å². The van der Waals surface area contributed by atoms with Crippen LogP contribution in [0.3, 0.4) is 0 Å². The molecule has 5 aromatic rings. The molecular weight excluding hydrogens is 555 g/mol. The molecule has 0 amide bonds. The van der Waals surface area contributed by atoms with Crippen LogP contribution in [-0.2, 0) is 0 Å². The number of benzene rings is 5. The highest BCUT2D eigenvalue weighted by Crippen LogP contribution is 2.35. The first-order valence-electron chi connectivity index (χ1n) is 12.2. The molecule has 0 bridgehead atoms. The third-order valence-electron chi connectivity index (χ3n) is 5.82. The van der Waals surface area contributed by atoms with E-state index in [1.807, 2.05) is 48.6 Å². The van der Waals surface area contributed by atoms with E-state index in [0.717, 1.165) is 28.2 Å². The molecule has 6 rings (SSSR count). The molecule has 0 heterocycles. The Morgan fingerprint density at radius 2 is 0.976 bits per heavy atom. The predicted molar refractivity (Wildman–Crippen MR) is 185 cm³/mol. The van der Waals surface area contributed by atoms with E-state index in [-0.39, 0.29) is 30.9 Å². The van der Waals surface area contributed by atoms with Gasteiger partial charge in [-0.1, -0.05) is 54.6 Å². The first kappa shape index (κ1) is 34.3. The van der Waals surface area contributed by atoms with Crippen LogP contribution >= 0.6 is 24.8 Å². The van der Waals surface area contributed by atoms with Gasteiger partial charge in [-0.05, 0) is 77.0 Å². The predicted octanol–water partition coefficient (Wildman–Crippen LogP) is 5.85. The van der Waals surface area contributed by atoms with Gasteiger partial charge >= 0.3 is 0 Å². The monoisotopic (exact) mass is 592 g/mol. The lowest BCUT2D eigenvalue weighted by Gasteiger charge is -2.19. The van der Waals surface area contributed by atoms with Gasteiger partial charge in [0.25, 0.3) is 0 Å². The van der Waals surface area contributed by atoms with Crippen LogP contribution in [0.5, 0.6) is 0 Å². The molecular formula is C31H38Cl2N8. The Balaban J connectivity index is 0.000000283. The van der Waals surface area contributed by atoms with Gasteiger partial charge in [-0.2, -0.15) is 0 Å². The summed E-state index contributed by atoms with van der Waals surface area (Å²) < 4.78 is 0. The molecule has 0 radical (unpaired) electrons. The van der Waals surface area contributed by atoms with Crippen molar-refractivity contribution >= 4 is 81.5 Å². The fraction of sp³-hybridized carbons (Fsp3) is 0.0323.